The van der Waals surface area contributed by atoms with Crippen molar-refractivity contribution in [3.8, 4) is 22.6 Å². The monoisotopic (exact) mass is 344 g/mol. The highest BCUT2D eigenvalue weighted by Gasteiger charge is 2.33. The van der Waals surface area contributed by atoms with Gasteiger partial charge in [0.05, 0.1) is 5.56 Å². The first kappa shape index (κ1) is 16.9. The van der Waals surface area contributed by atoms with Crippen LogP contribution in [0.4, 0.5) is 13.2 Å². The molecule has 0 saturated heterocycles. The molecule has 0 heterocycles. The van der Waals surface area contributed by atoms with Gasteiger partial charge in [0, 0.05) is 11.6 Å². The number of alkyl halides is 3. The molecule has 0 unspecified atom stereocenters. The first-order valence-electron chi connectivity index (χ1n) is 7.61. The SMILES string of the molecule is Oc1cc(OCc2ccccc2)ccc1-c1ccccc1C(F)(F)F. The normalized spacial score (nSPS) is 11.3. The zero-order chi connectivity index (χ0) is 17.9. The lowest BCUT2D eigenvalue weighted by molar-refractivity contribution is -0.137. The lowest BCUT2D eigenvalue weighted by atomic mass is 9.98. The van der Waals surface area contributed by atoms with Gasteiger partial charge in [-0.05, 0) is 29.3 Å². The van der Waals surface area contributed by atoms with Crippen molar-refractivity contribution in [3.05, 3.63) is 83.9 Å². The van der Waals surface area contributed by atoms with Crippen LogP contribution in [-0.4, -0.2) is 5.11 Å². The highest BCUT2D eigenvalue weighted by atomic mass is 19.4. The van der Waals surface area contributed by atoms with Crippen LogP contribution in [0.25, 0.3) is 11.1 Å². The molecule has 25 heavy (non-hydrogen) atoms. The maximum absolute atomic E-state index is 13.1. The van der Waals surface area contributed by atoms with Gasteiger partial charge in [0.25, 0.3) is 0 Å². The fourth-order valence-electron chi connectivity index (χ4n) is 2.54. The van der Waals surface area contributed by atoms with Gasteiger partial charge < -0.3 is 9.84 Å². The molecule has 3 aromatic carbocycles. The average molecular weight is 344 g/mol. The Bertz CT molecular complexity index is 858. The Morgan fingerprint density at radius 3 is 2.16 bits per heavy atom. The Labute approximate surface area is 143 Å². The standard InChI is InChI=1S/C20H15F3O2/c21-20(22,23)18-9-5-4-8-16(18)17-11-10-15(12-19(17)24)25-13-14-6-2-1-3-7-14/h1-12,24H,13H2. The third kappa shape index (κ3) is 3.94. The lowest BCUT2D eigenvalue weighted by Crippen LogP contribution is -2.06. The highest BCUT2D eigenvalue weighted by molar-refractivity contribution is 5.74. The third-order valence-corrected chi connectivity index (χ3v) is 3.74. The maximum atomic E-state index is 13.1. The molecule has 0 atom stereocenters. The van der Waals surface area contributed by atoms with Crippen LogP contribution in [0.15, 0.2) is 72.8 Å². The first-order chi connectivity index (χ1) is 11.9. The number of aromatic hydroxyl groups is 1. The van der Waals surface area contributed by atoms with Gasteiger partial charge >= 0.3 is 6.18 Å². The van der Waals surface area contributed by atoms with Gasteiger partial charge in [0.15, 0.2) is 0 Å². The molecule has 3 rings (SSSR count). The second-order valence-corrected chi connectivity index (χ2v) is 5.50. The maximum Gasteiger partial charge on any atom is 0.417 e. The molecular formula is C20H15F3O2. The Hall–Kier alpha value is -2.95. The van der Waals surface area contributed by atoms with E-state index >= 15 is 0 Å². The van der Waals surface area contributed by atoms with Crippen LogP contribution < -0.4 is 4.74 Å². The number of rotatable bonds is 4. The van der Waals surface area contributed by atoms with Gasteiger partial charge in [0.2, 0.25) is 0 Å². The molecule has 0 aliphatic heterocycles. The van der Waals surface area contributed by atoms with Gasteiger partial charge in [-0.2, -0.15) is 13.2 Å². The van der Waals surface area contributed by atoms with Crippen molar-refractivity contribution < 1.29 is 23.0 Å². The number of hydrogen-bond acceptors (Lipinski definition) is 2. The molecule has 0 aromatic heterocycles. The van der Waals surface area contributed by atoms with E-state index in [1.165, 1.54) is 30.3 Å². The summed E-state index contributed by atoms with van der Waals surface area (Å²) in [7, 11) is 0. The van der Waals surface area contributed by atoms with Crippen molar-refractivity contribution in [1.82, 2.24) is 0 Å². The second kappa shape index (κ2) is 6.89. The van der Waals surface area contributed by atoms with Crippen LogP contribution in [0.1, 0.15) is 11.1 Å². The minimum atomic E-state index is -4.49. The van der Waals surface area contributed by atoms with Crippen LogP contribution in [-0.2, 0) is 12.8 Å². The van der Waals surface area contributed by atoms with Crippen LogP contribution in [0.5, 0.6) is 11.5 Å². The summed E-state index contributed by atoms with van der Waals surface area (Å²) < 4.78 is 45.0. The van der Waals surface area contributed by atoms with Crippen LogP contribution in [0.2, 0.25) is 0 Å². The summed E-state index contributed by atoms with van der Waals surface area (Å²) in [5, 5.41) is 10.2. The molecule has 0 radical (unpaired) electrons. The topological polar surface area (TPSA) is 29.5 Å². The summed E-state index contributed by atoms with van der Waals surface area (Å²) in [5.41, 5.74) is 0.207. The van der Waals surface area contributed by atoms with Crippen molar-refractivity contribution in [3.63, 3.8) is 0 Å². The predicted octanol–water partition coefficient (Wildman–Crippen LogP) is 5.66. The summed E-state index contributed by atoms with van der Waals surface area (Å²) in [6.07, 6.45) is -4.49. The van der Waals surface area contributed by atoms with E-state index in [1.54, 1.807) is 6.07 Å². The molecular weight excluding hydrogens is 329 g/mol. The lowest BCUT2D eigenvalue weighted by Gasteiger charge is -2.14. The quantitative estimate of drug-likeness (QED) is 0.662. The number of halogens is 3. The molecule has 0 saturated carbocycles. The number of ether oxygens (including phenoxy) is 1. The largest absolute Gasteiger partial charge is 0.507 e. The van der Waals surface area contributed by atoms with Gasteiger partial charge in [-0.15, -0.1) is 0 Å². The summed E-state index contributed by atoms with van der Waals surface area (Å²) >= 11 is 0. The van der Waals surface area contributed by atoms with Crippen LogP contribution >= 0.6 is 0 Å². The molecule has 0 amide bonds. The van der Waals surface area contributed by atoms with E-state index in [0.717, 1.165) is 11.6 Å². The zero-order valence-corrected chi connectivity index (χ0v) is 13.1. The molecule has 128 valence electrons. The first-order valence-corrected chi connectivity index (χ1v) is 7.61. The Morgan fingerprint density at radius 2 is 1.48 bits per heavy atom. The van der Waals surface area contributed by atoms with Crippen molar-refractivity contribution in [2.75, 3.05) is 0 Å². The summed E-state index contributed by atoms with van der Waals surface area (Å²) in [6.45, 7) is 0.304. The number of benzene rings is 3. The molecule has 1 N–H and O–H groups in total. The van der Waals surface area contributed by atoms with E-state index in [0.29, 0.717) is 12.4 Å². The van der Waals surface area contributed by atoms with E-state index in [-0.39, 0.29) is 16.9 Å². The van der Waals surface area contributed by atoms with Crippen molar-refractivity contribution in [2.24, 2.45) is 0 Å². The Morgan fingerprint density at radius 1 is 0.800 bits per heavy atom. The molecule has 3 aromatic rings. The summed E-state index contributed by atoms with van der Waals surface area (Å²) in [5.74, 6) is 0.122. The van der Waals surface area contributed by atoms with E-state index in [9.17, 15) is 18.3 Å². The highest BCUT2D eigenvalue weighted by Crippen LogP contribution is 2.40. The summed E-state index contributed by atoms with van der Waals surface area (Å²) in [4.78, 5) is 0. The fraction of sp³-hybridized carbons (Fsp3) is 0.100. The third-order valence-electron chi connectivity index (χ3n) is 3.74. The molecule has 0 bridgehead atoms. The Balaban J connectivity index is 1.86. The van der Waals surface area contributed by atoms with E-state index < -0.39 is 11.7 Å². The van der Waals surface area contributed by atoms with Gasteiger partial charge in [-0.3, -0.25) is 0 Å². The smallest absolute Gasteiger partial charge is 0.417 e. The van der Waals surface area contributed by atoms with Crippen molar-refractivity contribution >= 4 is 0 Å². The van der Waals surface area contributed by atoms with E-state index in [1.807, 2.05) is 30.3 Å². The van der Waals surface area contributed by atoms with Crippen LogP contribution in [0, 0.1) is 0 Å². The molecule has 5 heteroatoms. The van der Waals surface area contributed by atoms with E-state index in [4.69, 9.17) is 4.74 Å². The van der Waals surface area contributed by atoms with Gasteiger partial charge in [-0.1, -0.05) is 48.5 Å². The van der Waals surface area contributed by atoms with Crippen molar-refractivity contribution in [2.45, 2.75) is 12.8 Å². The van der Waals surface area contributed by atoms with Crippen molar-refractivity contribution in [1.29, 1.82) is 0 Å². The molecule has 0 aliphatic carbocycles. The average Bonchev–Trinajstić information content (AvgIpc) is 2.60. The number of phenolic OH excluding ortho intramolecular Hbond substituents is 1. The van der Waals surface area contributed by atoms with Gasteiger partial charge in [0.1, 0.15) is 18.1 Å². The Kier molecular flexibility index (Phi) is 4.65. The zero-order valence-electron chi connectivity index (χ0n) is 13.1. The van der Waals surface area contributed by atoms with Gasteiger partial charge in [-0.25, -0.2) is 0 Å². The fourth-order valence-corrected chi connectivity index (χ4v) is 2.54. The summed E-state index contributed by atoms with van der Waals surface area (Å²) in [6, 6.07) is 18.9. The minimum Gasteiger partial charge on any atom is -0.507 e. The predicted molar refractivity (Wildman–Crippen MR) is 89.3 cm³/mol. The second-order valence-electron chi connectivity index (χ2n) is 5.50. The van der Waals surface area contributed by atoms with Crippen LogP contribution in [0.3, 0.4) is 0 Å². The van der Waals surface area contributed by atoms with E-state index in [2.05, 4.69) is 0 Å². The molecule has 0 spiro atoms. The minimum absolute atomic E-state index is 0.0675. The number of hydrogen-bond donors (Lipinski definition) is 1. The molecule has 0 aliphatic rings. The number of phenols is 1. The molecule has 2 nitrogen and oxygen atoms in total. The molecule has 0 fully saturated rings.